The molecule has 1 fully saturated rings. The number of nitrogens with two attached hydrogens (primary N) is 1. The molecule has 1 amide bonds. The highest BCUT2D eigenvalue weighted by atomic mass is 16.5. The minimum Gasteiger partial charge on any atom is -0.489 e. The monoisotopic (exact) mass is 248 g/mol. The summed E-state index contributed by atoms with van der Waals surface area (Å²) in [6, 6.07) is 7.84. The predicted octanol–water partition coefficient (Wildman–Crippen LogP) is 1.37. The number of ether oxygens (including phenoxy) is 1. The largest absolute Gasteiger partial charge is 0.489 e. The van der Waals surface area contributed by atoms with Gasteiger partial charge in [-0.05, 0) is 38.3 Å². The van der Waals surface area contributed by atoms with Gasteiger partial charge in [0, 0.05) is 0 Å². The number of nitrogens with one attached hydrogen (secondary N) is 1. The van der Waals surface area contributed by atoms with E-state index in [-0.39, 0.29) is 12.0 Å². The van der Waals surface area contributed by atoms with Crippen LogP contribution in [-0.2, 0) is 4.79 Å². The van der Waals surface area contributed by atoms with E-state index in [1.54, 1.807) is 0 Å². The summed E-state index contributed by atoms with van der Waals surface area (Å²) in [5.41, 5.74) is 6.28. The van der Waals surface area contributed by atoms with Crippen LogP contribution in [0.1, 0.15) is 25.3 Å². The van der Waals surface area contributed by atoms with Gasteiger partial charge in [0.1, 0.15) is 11.9 Å². The first-order valence-corrected chi connectivity index (χ1v) is 6.31. The van der Waals surface area contributed by atoms with Crippen LogP contribution >= 0.6 is 0 Å². The van der Waals surface area contributed by atoms with Gasteiger partial charge in [-0.1, -0.05) is 18.2 Å². The molecule has 0 bridgehead atoms. The first-order valence-electron chi connectivity index (χ1n) is 6.31. The third kappa shape index (κ3) is 3.01. The van der Waals surface area contributed by atoms with Gasteiger partial charge in [-0.25, -0.2) is 0 Å². The zero-order valence-electron chi connectivity index (χ0n) is 10.9. The number of rotatable bonds is 5. The van der Waals surface area contributed by atoms with Crippen LogP contribution in [0.5, 0.6) is 5.75 Å². The molecule has 1 atom stereocenters. The summed E-state index contributed by atoms with van der Waals surface area (Å²) in [5.74, 6) is 0.788. The predicted molar refractivity (Wildman–Crippen MR) is 70.4 cm³/mol. The zero-order valence-corrected chi connectivity index (χ0v) is 10.9. The summed E-state index contributed by atoms with van der Waals surface area (Å²) < 4.78 is 5.77. The Kier molecular flexibility index (Phi) is 3.57. The highest BCUT2D eigenvalue weighted by Gasteiger charge is 2.45. The lowest BCUT2D eigenvalue weighted by Crippen LogP contribution is -2.45. The molecule has 1 saturated carbocycles. The van der Waals surface area contributed by atoms with Crippen LogP contribution < -0.4 is 15.8 Å². The Morgan fingerprint density at radius 3 is 2.78 bits per heavy atom. The zero-order chi connectivity index (χ0) is 13.2. The van der Waals surface area contributed by atoms with Gasteiger partial charge < -0.3 is 15.8 Å². The molecule has 0 radical (unpaired) electrons. The van der Waals surface area contributed by atoms with E-state index in [2.05, 4.69) is 5.32 Å². The van der Waals surface area contributed by atoms with Crippen molar-refractivity contribution in [2.45, 2.75) is 38.3 Å². The maximum absolute atomic E-state index is 11.7. The van der Waals surface area contributed by atoms with Gasteiger partial charge in [0.25, 0.3) is 0 Å². The summed E-state index contributed by atoms with van der Waals surface area (Å²) in [4.78, 5) is 11.7. The minimum absolute atomic E-state index is 0.0669. The molecule has 0 heterocycles. The molecule has 1 aliphatic rings. The van der Waals surface area contributed by atoms with Gasteiger partial charge in [0.15, 0.2) is 0 Å². The molecule has 0 saturated heterocycles. The summed E-state index contributed by atoms with van der Waals surface area (Å²) in [5, 5.41) is 2.84. The molecule has 0 aliphatic heterocycles. The second-order valence-corrected chi connectivity index (χ2v) is 5.06. The summed E-state index contributed by atoms with van der Waals surface area (Å²) in [7, 11) is 0. The van der Waals surface area contributed by atoms with Gasteiger partial charge in [-0.3, -0.25) is 4.79 Å². The van der Waals surface area contributed by atoms with Crippen molar-refractivity contribution in [2.24, 2.45) is 5.73 Å². The number of para-hydroxylation sites is 1. The Labute approximate surface area is 108 Å². The molecule has 4 nitrogen and oxygen atoms in total. The van der Waals surface area contributed by atoms with E-state index >= 15 is 0 Å². The van der Waals surface area contributed by atoms with E-state index in [0.29, 0.717) is 6.54 Å². The average Bonchev–Trinajstić information content (AvgIpc) is 3.09. The number of amides is 1. The first-order chi connectivity index (χ1) is 8.51. The Hall–Kier alpha value is -1.55. The molecule has 0 spiro atoms. The summed E-state index contributed by atoms with van der Waals surface area (Å²) in [6.07, 6.45) is 1.50. The van der Waals surface area contributed by atoms with Gasteiger partial charge in [0.05, 0.1) is 12.1 Å². The van der Waals surface area contributed by atoms with Gasteiger partial charge in [-0.2, -0.15) is 0 Å². The molecule has 0 aromatic heterocycles. The molecular weight excluding hydrogens is 228 g/mol. The third-order valence-electron chi connectivity index (χ3n) is 3.21. The number of benzene rings is 1. The van der Waals surface area contributed by atoms with Crippen LogP contribution in [0, 0.1) is 6.92 Å². The molecule has 4 heteroatoms. The number of aryl methyl sites for hydroxylation is 1. The van der Waals surface area contributed by atoms with Crippen LogP contribution in [0.3, 0.4) is 0 Å². The van der Waals surface area contributed by atoms with E-state index in [1.165, 1.54) is 0 Å². The van der Waals surface area contributed by atoms with E-state index in [1.807, 2.05) is 38.1 Å². The Bertz CT molecular complexity index is 441. The fourth-order valence-electron chi connectivity index (χ4n) is 1.72. The summed E-state index contributed by atoms with van der Waals surface area (Å²) >= 11 is 0. The highest BCUT2D eigenvalue weighted by molar-refractivity contribution is 5.88. The van der Waals surface area contributed by atoms with Crippen LogP contribution in [0.25, 0.3) is 0 Å². The second kappa shape index (κ2) is 4.98. The van der Waals surface area contributed by atoms with Gasteiger partial charge in [-0.15, -0.1) is 0 Å². The Morgan fingerprint density at radius 1 is 1.50 bits per heavy atom. The van der Waals surface area contributed by atoms with Crippen molar-refractivity contribution in [3.05, 3.63) is 29.8 Å². The maximum Gasteiger partial charge on any atom is 0.240 e. The molecule has 2 rings (SSSR count). The van der Waals surface area contributed by atoms with Crippen molar-refractivity contribution < 1.29 is 9.53 Å². The third-order valence-corrected chi connectivity index (χ3v) is 3.21. The van der Waals surface area contributed by atoms with Crippen molar-refractivity contribution in [1.82, 2.24) is 5.32 Å². The van der Waals surface area contributed by atoms with E-state index in [0.717, 1.165) is 24.2 Å². The standard InChI is InChI=1S/C14H20N2O2/c1-10-5-3-4-6-12(10)18-11(2)9-16-13(17)14(15)7-8-14/h3-6,11H,7-9,15H2,1-2H3,(H,16,17). The molecule has 1 aromatic carbocycles. The lowest BCUT2D eigenvalue weighted by molar-refractivity contribution is -0.123. The Balaban J connectivity index is 1.80. The molecule has 98 valence electrons. The van der Waals surface area contributed by atoms with Crippen molar-refractivity contribution in [3.63, 3.8) is 0 Å². The second-order valence-electron chi connectivity index (χ2n) is 5.06. The lowest BCUT2D eigenvalue weighted by Gasteiger charge is -2.18. The maximum atomic E-state index is 11.7. The minimum atomic E-state index is -0.609. The smallest absolute Gasteiger partial charge is 0.240 e. The average molecular weight is 248 g/mol. The van der Waals surface area contributed by atoms with Gasteiger partial charge >= 0.3 is 0 Å². The number of hydrogen-bond acceptors (Lipinski definition) is 3. The lowest BCUT2D eigenvalue weighted by atomic mass is 10.2. The SMILES string of the molecule is Cc1ccccc1OC(C)CNC(=O)C1(N)CC1. The summed E-state index contributed by atoms with van der Waals surface area (Å²) in [6.45, 7) is 4.41. The fraction of sp³-hybridized carbons (Fsp3) is 0.500. The topological polar surface area (TPSA) is 64.3 Å². The van der Waals surface area contributed by atoms with Crippen LogP contribution in [0.2, 0.25) is 0 Å². The van der Waals surface area contributed by atoms with E-state index in [9.17, 15) is 4.79 Å². The number of carbonyl (C=O) groups is 1. The normalized spacial score (nSPS) is 17.9. The Morgan fingerprint density at radius 2 is 2.17 bits per heavy atom. The molecule has 1 unspecified atom stereocenters. The first kappa shape index (κ1) is 12.9. The molecule has 18 heavy (non-hydrogen) atoms. The number of hydrogen-bond donors (Lipinski definition) is 2. The van der Waals surface area contributed by atoms with Crippen molar-refractivity contribution in [2.75, 3.05) is 6.54 Å². The quantitative estimate of drug-likeness (QED) is 0.827. The molecular formula is C14H20N2O2. The van der Waals surface area contributed by atoms with Crippen LogP contribution in [0.4, 0.5) is 0 Å². The van der Waals surface area contributed by atoms with Crippen molar-refractivity contribution in [3.8, 4) is 5.75 Å². The number of carbonyl (C=O) groups excluding carboxylic acids is 1. The van der Waals surface area contributed by atoms with Crippen LogP contribution in [-0.4, -0.2) is 24.1 Å². The molecule has 3 N–H and O–H groups in total. The van der Waals surface area contributed by atoms with E-state index in [4.69, 9.17) is 10.5 Å². The highest BCUT2D eigenvalue weighted by Crippen LogP contribution is 2.32. The van der Waals surface area contributed by atoms with Crippen LogP contribution in [0.15, 0.2) is 24.3 Å². The van der Waals surface area contributed by atoms with Gasteiger partial charge in [0.2, 0.25) is 5.91 Å². The molecule has 1 aliphatic carbocycles. The fourth-order valence-corrected chi connectivity index (χ4v) is 1.72. The molecule has 1 aromatic rings. The van der Waals surface area contributed by atoms with E-state index < -0.39 is 5.54 Å². The van der Waals surface area contributed by atoms with Crippen molar-refractivity contribution in [1.29, 1.82) is 0 Å². The van der Waals surface area contributed by atoms with Crippen molar-refractivity contribution >= 4 is 5.91 Å².